The molecule has 70 valence electrons. The summed E-state index contributed by atoms with van der Waals surface area (Å²) in [5.74, 6) is -2.41. The first-order valence-electron chi connectivity index (χ1n) is 4.27. The molecular weight excluding hydrogens is 172 g/mol. The fraction of sp³-hybridized carbons (Fsp3) is 0.556. The first kappa shape index (κ1) is 8.29. The van der Waals surface area contributed by atoms with E-state index >= 15 is 0 Å². The van der Waals surface area contributed by atoms with Crippen LogP contribution in [0.25, 0.3) is 0 Å². The molecule has 4 heteroatoms. The molecule has 0 bridgehead atoms. The van der Waals surface area contributed by atoms with Crippen molar-refractivity contribution >= 4 is 11.9 Å². The Balaban J connectivity index is 2.44. The molecular formula is C9H10O4. The molecule has 0 amide bonds. The van der Waals surface area contributed by atoms with E-state index in [2.05, 4.69) is 0 Å². The van der Waals surface area contributed by atoms with Gasteiger partial charge in [-0.3, -0.25) is 9.59 Å². The zero-order valence-corrected chi connectivity index (χ0v) is 7.04. The standard InChI is InChI=1S/C9H10O4/c10-7(11)9(8(12)13)3-1-2-5-4-6(5)9/h1-4H2,(H,10,11)(H,12,13). The number of aliphatic carboxylic acids is 2. The highest BCUT2D eigenvalue weighted by Gasteiger charge is 2.56. The van der Waals surface area contributed by atoms with E-state index in [1.807, 2.05) is 0 Å². The molecule has 0 aliphatic heterocycles. The van der Waals surface area contributed by atoms with Crippen molar-refractivity contribution in [2.75, 3.05) is 0 Å². The van der Waals surface area contributed by atoms with Gasteiger partial charge < -0.3 is 10.2 Å². The summed E-state index contributed by atoms with van der Waals surface area (Å²) in [4.78, 5) is 21.9. The van der Waals surface area contributed by atoms with Crippen LogP contribution in [-0.2, 0) is 9.59 Å². The van der Waals surface area contributed by atoms with Gasteiger partial charge in [0.1, 0.15) is 0 Å². The number of rotatable bonds is 2. The van der Waals surface area contributed by atoms with Crippen LogP contribution < -0.4 is 0 Å². The van der Waals surface area contributed by atoms with Crippen LogP contribution in [0.15, 0.2) is 11.1 Å². The van der Waals surface area contributed by atoms with E-state index < -0.39 is 17.4 Å². The van der Waals surface area contributed by atoms with Crippen LogP contribution in [0.1, 0.15) is 25.7 Å². The van der Waals surface area contributed by atoms with Crippen molar-refractivity contribution < 1.29 is 19.8 Å². The second-order valence-electron chi connectivity index (χ2n) is 3.63. The van der Waals surface area contributed by atoms with Gasteiger partial charge in [0.15, 0.2) is 5.41 Å². The Morgan fingerprint density at radius 1 is 1.23 bits per heavy atom. The molecule has 4 nitrogen and oxygen atoms in total. The summed E-state index contributed by atoms with van der Waals surface area (Å²) < 4.78 is 0. The van der Waals surface area contributed by atoms with E-state index in [4.69, 9.17) is 10.2 Å². The van der Waals surface area contributed by atoms with Crippen LogP contribution in [0.2, 0.25) is 0 Å². The third kappa shape index (κ3) is 0.913. The topological polar surface area (TPSA) is 74.6 Å². The molecule has 2 aliphatic carbocycles. The summed E-state index contributed by atoms with van der Waals surface area (Å²) in [7, 11) is 0. The molecule has 0 aromatic heterocycles. The van der Waals surface area contributed by atoms with Gasteiger partial charge >= 0.3 is 11.9 Å². The predicted octanol–water partition coefficient (Wildman–Crippen LogP) is 1.03. The maximum Gasteiger partial charge on any atom is 0.325 e. The van der Waals surface area contributed by atoms with Crippen molar-refractivity contribution in [2.45, 2.75) is 25.7 Å². The Morgan fingerprint density at radius 2 is 1.85 bits per heavy atom. The second-order valence-corrected chi connectivity index (χ2v) is 3.63. The largest absolute Gasteiger partial charge is 0.480 e. The minimum absolute atomic E-state index is 0.247. The summed E-state index contributed by atoms with van der Waals surface area (Å²) in [6.07, 6.45) is 2.43. The van der Waals surface area contributed by atoms with E-state index in [0.717, 1.165) is 12.0 Å². The number of carboxylic acids is 2. The fourth-order valence-corrected chi connectivity index (χ4v) is 2.14. The predicted molar refractivity (Wildman–Crippen MR) is 43.2 cm³/mol. The Hall–Kier alpha value is -1.32. The maximum atomic E-state index is 10.9. The van der Waals surface area contributed by atoms with E-state index in [0.29, 0.717) is 18.4 Å². The van der Waals surface area contributed by atoms with Crippen molar-refractivity contribution in [3.63, 3.8) is 0 Å². The minimum atomic E-state index is -1.58. The lowest BCUT2D eigenvalue weighted by Gasteiger charge is -2.23. The molecule has 0 atom stereocenters. The summed E-state index contributed by atoms with van der Waals surface area (Å²) in [5.41, 5.74) is 0.128. The van der Waals surface area contributed by atoms with Gasteiger partial charge in [-0.2, -0.15) is 0 Å². The number of carboxylic acid groups (broad SMARTS) is 2. The van der Waals surface area contributed by atoms with Gasteiger partial charge in [0, 0.05) is 0 Å². The molecule has 0 saturated heterocycles. The maximum absolute atomic E-state index is 10.9. The first-order valence-corrected chi connectivity index (χ1v) is 4.27. The normalized spacial score (nSPS) is 23.7. The molecule has 2 rings (SSSR count). The second kappa shape index (κ2) is 2.34. The van der Waals surface area contributed by atoms with Crippen LogP contribution in [0.4, 0.5) is 0 Å². The summed E-state index contributed by atoms with van der Waals surface area (Å²) in [6, 6.07) is 0. The Bertz CT molecular complexity index is 313. The third-order valence-electron chi connectivity index (χ3n) is 2.97. The first-order chi connectivity index (χ1) is 6.09. The van der Waals surface area contributed by atoms with Gasteiger partial charge in [0.25, 0.3) is 0 Å². The molecule has 13 heavy (non-hydrogen) atoms. The third-order valence-corrected chi connectivity index (χ3v) is 2.97. The van der Waals surface area contributed by atoms with Gasteiger partial charge in [-0.25, -0.2) is 0 Å². The lowest BCUT2D eigenvalue weighted by Crippen LogP contribution is -2.39. The van der Waals surface area contributed by atoms with Crippen molar-refractivity contribution in [1.29, 1.82) is 0 Å². The van der Waals surface area contributed by atoms with Crippen LogP contribution in [0, 0.1) is 5.41 Å². The monoisotopic (exact) mass is 182 g/mol. The highest BCUT2D eigenvalue weighted by Crippen LogP contribution is 2.54. The van der Waals surface area contributed by atoms with Gasteiger partial charge in [0.2, 0.25) is 0 Å². The molecule has 0 unspecified atom stereocenters. The van der Waals surface area contributed by atoms with Crippen molar-refractivity contribution in [3.8, 4) is 0 Å². The van der Waals surface area contributed by atoms with E-state index in [9.17, 15) is 9.59 Å². The average Bonchev–Trinajstić information content (AvgIpc) is 2.80. The molecule has 0 radical (unpaired) electrons. The van der Waals surface area contributed by atoms with Gasteiger partial charge in [-0.1, -0.05) is 5.57 Å². The number of hydrogen-bond acceptors (Lipinski definition) is 2. The SMILES string of the molecule is O=C(O)C1(C(=O)O)CCCC2=C1C2. The lowest BCUT2D eigenvalue weighted by molar-refractivity contribution is -0.161. The van der Waals surface area contributed by atoms with Crippen LogP contribution in [0.3, 0.4) is 0 Å². The quantitative estimate of drug-likeness (QED) is 0.494. The summed E-state index contributed by atoms with van der Waals surface area (Å²) in [6.45, 7) is 0. The molecule has 0 aromatic rings. The fourth-order valence-electron chi connectivity index (χ4n) is 2.14. The Labute approximate surface area is 74.9 Å². The highest BCUT2D eigenvalue weighted by atomic mass is 16.4. The van der Waals surface area contributed by atoms with Crippen LogP contribution >= 0.6 is 0 Å². The van der Waals surface area contributed by atoms with Gasteiger partial charge in [0.05, 0.1) is 0 Å². The lowest BCUT2D eigenvalue weighted by atomic mass is 9.78. The van der Waals surface area contributed by atoms with Crippen LogP contribution in [-0.4, -0.2) is 22.2 Å². The molecule has 0 saturated carbocycles. The Kier molecular flexibility index (Phi) is 1.49. The number of carbonyl (C=O) groups is 2. The van der Waals surface area contributed by atoms with Crippen molar-refractivity contribution in [2.24, 2.45) is 5.41 Å². The minimum Gasteiger partial charge on any atom is -0.480 e. The summed E-state index contributed by atoms with van der Waals surface area (Å²) >= 11 is 0. The highest BCUT2D eigenvalue weighted by molar-refractivity contribution is 6.03. The number of allylic oxidation sites excluding steroid dienone is 1. The molecule has 2 N–H and O–H groups in total. The van der Waals surface area contributed by atoms with Crippen molar-refractivity contribution in [1.82, 2.24) is 0 Å². The zero-order valence-electron chi connectivity index (χ0n) is 7.04. The van der Waals surface area contributed by atoms with Crippen LogP contribution in [0.5, 0.6) is 0 Å². The summed E-state index contributed by atoms with van der Waals surface area (Å²) in [5, 5.41) is 17.9. The Morgan fingerprint density at radius 3 is 2.31 bits per heavy atom. The smallest absolute Gasteiger partial charge is 0.325 e. The molecule has 0 aromatic carbocycles. The van der Waals surface area contributed by atoms with Gasteiger partial charge in [-0.15, -0.1) is 0 Å². The zero-order chi connectivity index (χ0) is 9.64. The molecule has 0 spiro atoms. The van der Waals surface area contributed by atoms with E-state index in [-0.39, 0.29) is 6.42 Å². The van der Waals surface area contributed by atoms with Crippen molar-refractivity contribution in [3.05, 3.63) is 11.1 Å². The van der Waals surface area contributed by atoms with E-state index in [1.165, 1.54) is 0 Å². The molecule has 0 heterocycles. The molecule has 0 fully saturated rings. The average molecular weight is 182 g/mol. The number of hydrogen-bond donors (Lipinski definition) is 2. The van der Waals surface area contributed by atoms with E-state index in [1.54, 1.807) is 0 Å². The molecule has 2 aliphatic rings. The van der Waals surface area contributed by atoms with Gasteiger partial charge in [-0.05, 0) is 31.3 Å².